The summed E-state index contributed by atoms with van der Waals surface area (Å²) < 4.78 is 7.60. The second-order valence-electron chi connectivity index (χ2n) is 3.95. The highest BCUT2D eigenvalue weighted by molar-refractivity contribution is 9.10. The number of ether oxygens (including phenoxy) is 1. The van der Waals surface area contributed by atoms with E-state index < -0.39 is 0 Å². The summed E-state index contributed by atoms with van der Waals surface area (Å²) in [6, 6.07) is 2.22. The Morgan fingerprint density at radius 2 is 2.24 bits per heavy atom. The first kappa shape index (κ1) is 10.9. The molecule has 0 aliphatic carbocycles. The summed E-state index contributed by atoms with van der Waals surface area (Å²) in [7, 11) is 0. The average Bonchev–Trinajstić information content (AvgIpc) is 2.72. The number of hydrogen-bond acceptors (Lipinski definition) is 5. The lowest BCUT2D eigenvalue weighted by Gasteiger charge is -2.23. The number of aromatic nitrogens is 4. The van der Waals surface area contributed by atoms with Crippen LogP contribution in [0.2, 0.25) is 0 Å². The van der Waals surface area contributed by atoms with Crippen LogP contribution >= 0.6 is 15.9 Å². The molecule has 6 nitrogen and oxygen atoms in total. The third-order valence-electron chi connectivity index (χ3n) is 2.78. The Bertz CT molecular complexity index is 522. The van der Waals surface area contributed by atoms with Gasteiger partial charge in [0.05, 0.1) is 0 Å². The number of fused-ring (bicyclic) bond motifs is 1. The molecule has 0 unspecified atom stereocenters. The van der Waals surface area contributed by atoms with Crippen LogP contribution in [0.25, 0.3) is 5.65 Å². The zero-order chi connectivity index (χ0) is 11.7. The van der Waals surface area contributed by atoms with Gasteiger partial charge in [-0.05, 0) is 28.8 Å². The molecule has 0 aromatic carbocycles. The third-order valence-corrected chi connectivity index (χ3v) is 3.12. The first-order valence-electron chi connectivity index (χ1n) is 5.54. The fraction of sp³-hybridized carbons (Fsp3) is 0.500. The largest absolute Gasteiger partial charge is 0.381 e. The van der Waals surface area contributed by atoms with Crippen molar-refractivity contribution < 1.29 is 4.74 Å². The first-order valence-corrected chi connectivity index (χ1v) is 6.34. The van der Waals surface area contributed by atoms with Crippen molar-refractivity contribution in [2.24, 2.45) is 0 Å². The van der Waals surface area contributed by atoms with Crippen molar-refractivity contribution in [3.8, 4) is 0 Å². The highest BCUT2D eigenvalue weighted by atomic mass is 79.9. The number of hydrogen-bond donors (Lipinski definition) is 1. The van der Waals surface area contributed by atoms with Gasteiger partial charge in [0.1, 0.15) is 0 Å². The summed E-state index contributed by atoms with van der Waals surface area (Å²) in [6.07, 6.45) is 3.72. The van der Waals surface area contributed by atoms with Gasteiger partial charge in [-0.3, -0.25) is 0 Å². The second-order valence-corrected chi connectivity index (χ2v) is 4.66. The molecule has 1 fully saturated rings. The second kappa shape index (κ2) is 4.58. The Morgan fingerprint density at radius 1 is 1.41 bits per heavy atom. The average molecular weight is 298 g/mol. The van der Waals surface area contributed by atoms with Gasteiger partial charge in [-0.2, -0.15) is 4.52 Å². The highest BCUT2D eigenvalue weighted by Crippen LogP contribution is 2.15. The molecule has 1 N–H and O–H groups in total. The van der Waals surface area contributed by atoms with E-state index in [9.17, 15) is 0 Å². The molecule has 0 spiro atoms. The van der Waals surface area contributed by atoms with Crippen LogP contribution in [0.5, 0.6) is 0 Å². The molecule has 1 saturated heterocycles. The van der Waals surface area contributed by atoms with Crippen molar-refractivity contribution >= 4 is 27.5 Å². The SMILES string of the molecule is Brc1nc2ccnc(NC3CCOCC3)n2n1. The number of halogens is 1. The maximum atomic E-state index is 5.33. The monoisotopic (exact) mass is 297 g/mol. The van der Waals surface area contributed by atoms with Gasteiger partial charge in [-0.15, -0.1) is 5.10 Å². The smallest absolute Gasteiger partial charge is 0.226 e. The summed E-state index contributed by atoms with van der Waals surface area (Å²) in [5.41, 5.74) is 0.779. The molecule has 0 amide bonds. The lowest BCUT2D eigenvalue weighted by molar-refractivity contribution is 0.0902. The number of nitrogens with one attached hydrogen (secondary N) is 1. The van der Waals surface area contributed by atoms with E-state index in [1.807, 2.05) is 6.07 Å². The molecule has 1 aliphatic rings. The van der Waals surface area contributed by atoms with E-state index in [1.165, 1.54) is 0 Å². The Hall–Kier alpha value is -1.21. The molecule has 7 heteroatoms. The summed E-state index contributed by atoms with van der Waals surface area (Å²) in [6.45, 7) is 1.60. The Kier molecular flexibility index (Phi) is 2.94. The number of nitrogens with zero attached hydrogens (tertiary/aromatic N) is 4. The van der Waals surface area contributed by atoms with Crippen LogP contribution in [0.1, 0.15) is 12.8 Å². The van der Waals surface area contributed by atoms with Gasteiger partial charge in [0.15, 0.2) is 5.65 Å². The van der Waals surface area contributed by atoms with Crippen molar-refractivity contribution in [1.82, 2.24) is 19.6 Å². The van der Waals surface area contributed by atoms with E-state index in [2.05, 4.69) is 36.3 Å². The van der Waals surface area contributed by atoms with Crippen LogP contribution in [0.15, 0.2) is 17.0 Å². The Morgan fingerprint density at radius 3 is 3.06 bits per heavy atom. The van der Waals surface area contributed by atoms with E-state index in [1.54, 1.807) is 10.7 Å². The van der Waals surface area contributed by atoms with Crippen molar-refractivity contribution in [2.75, 3.05) is 18.5 Å². The van der Waals surface area contributed by atoms with Gasteiger partial charge in [0.2, 0.25) is 10.7 Å². The van der Waals surface area contributed by atoms with Gasteiger partial charge in [-0.25, -0.2) is 9.97 Å². The highest BCUT2D eigenvalue weighted by Gasteiger charge is 2.16. The molecule has 3 rings (SSSR count). The molecule has 0 bridgehead atoms. The van der Waals surface area contributed by atoms with Crippen LogP contribution in [0.4, 0.5) is 5.95 Å². The summed E-state index contributed by atoms with van der Waals surface area (Å²) >= 11 is 3.27. The van der Waals surface area contributed by atoms with Gasteiger partial charge in [-0.1, -0.05) is 0 Å². The third kappa shape index (κ3) is 2.25. The fourth-order valence-electron chi connectivity index (χ4n) is 1.91. The number of rotatable bonds is 2. The molecular formula is C10H12BrN5O. The van der Waals surface area contributed by atoms with Gasteiger partial charge < -0.3 is 10.1 Å². The summed E-state index contributed by atoms with van der Waals surface area (Å²) in [5.74, 6) is 0.729. The van der Waals surface area contributed by atoms with Crippen LogP contribution in [-0.4, -0.2) is 38.8 Å². The van der Waals surface area contributed by atoms with E-state index in [4.69, 9.17) is 4.74 Å². The molecule has 1 aliphatic heterocycles. The summed E-state index contributed by atoms with van der Waals surface area (Å²) in [5, 5.41) is 7.63. The van der Waals surface area contributed by atoms with E-state index in [-0.39, 0.29) is 0 Å². The minimum absolute atomic E-state index is 0.393. The maximum Gasteiger partial charge on any atom is 0.226 e. The molecule has 90 valence electrons. The topological polar surface area (TPSA) is 64.3 Å². The van der Waals surface area contributed by atoms with Crippen LogP contribution in [0.3, 0.4) is 0 Å². The van der Waals surface area contributed by atoms with Crippen molar-refractivity contribution in [3.63, 3.8) is 0 Å². The van der Waals surface area contributed by atoms with E-state index >= 15 is 0 Å². The van der Waals surface area contributed by atoms with Crippen molar-refractivity contribution in [2.45, 2.75) is 18.9 Å². The van der Waals surface area contributed by atoms with Crippen LogP contribution in [-0.2, 0) is 4.74 Å². The maximum absolute atomic E-state index is 5.33. The van der Waals surface area contributed by atoms with Crippen LogP contribution in [0, 0.1) is 0 Å². The zero-order valence-electron chi connectivity index (χ0n) is 9.14. The van der Waals surface area contributed by atoms with Gasteiger partial charge >= 0.3 is 0 Å². The van der Waals surface area contributed by atoms with E-state index in [0.29, 0.717) is 10.8 Å². The Balaban J connectivity index is 1.88. The minimum Gasteiger partial charge on any atom is -0.381 e. The molecule has 2 aromatic rings. The van der Waals surface area contributed by atoms with Crippen LogP contribution < -0.4 is 5.32 Å². The molecule has 0 saturated carbocycles. The van der Waals surface area contributed by atoms with Crippen molar-refractivity contribution in [1.29, 1.82) is 0 Å². The van der Waals surface area contributed by atoms with Crippen molar-refractivity contribution in [3.05, 3.63) is 17.0 Å². The molecular weight excluding hydrogens is 286 g/mol. The lowest BCUT2D eigenvalue weighted by atomic mass is 10.1. The molecule has 2 aromatic heterocycles. The van der Waals surface area contributed by atoms with E-state index in [0.717, 1.165) is 37.7 Å². The first-order chi connectivity index (χ1) is 8.33. The predicted molar refractivity (Wildman–Crippen MR) is 65.9 cm³/mol. The molecule has 17 heavy (non-hydrogen) atoms. The predicted octanol–water partition coefficient (Wildman–Crippen LogP) is 1.48. The van der Waals surface area contributed by atoms with Gasteiger partial charge in [0, 0.05) is 31.5 Å². The fourth-order valence-corrected chi connectivity index (χ4v) is 2.25. The molecule has 0 atom stereocenters. The summed E-state index contributed by atoms with van der Waals surface area (Å²) in [4.78, 5) is 8.53. The minimum atomic E-state index is 0.393. The molecule has 3 heterocycles. The Labute approximate surface area is 107 Å². The molecule has 0 radical (unpaired) electrons. The quantitative estimate of drug-likeness (QED) is 0.909. The normalized spacial score (nSPS) is 17.5. The standard InChI is InChI=1S/C10H12BrN5O/c11-9-14-8-1-4-12-10(16(8)15-9)13-7-2-5-17-6-3-7/h1,4,7H,2-3,5-6H2,(H,12,13). The zero-order valence-corrected chi connectivity index (χ0v) is 10.7. The lowest BCUT2D eigenvalue weighted by Crippen LogP contribution is -2.29. The van der Waals surface area contributed by atoms with Gasteiger partial charge in [0.25, 0.3) is 0 Å². The number of anilines is 1.